The minimum absolute atomic E-state index is 0.268. The van der Waals surface area contributed by atoms with Crippen molar-refractivity contribution < 1.29 is 9.26 Å². The van der Waals surface area contributed by atoms with E-state index in [2.05, 4.69) is 15.5 Å². The summed E-state index contributed by atoms with van der Waals surface area (Å²) in [6, 6.07) is 0.268. The molecule has 3 rings (SSSR count). The molecule has 1 aliphatic heterocycles. The van der Waals surface area contributed by atoms with Crippen molar-refractivity contribution in [3.05, 3.63) is 11.7 Å². The Morgan fingerprint density at radius 3 is 3.00 bits per heavy atom. The molecule has 0 bridgehead atoms. The topological polar surface area (TPSA) is 60.2 Å². The van der Waals surface area contributed by atoms with E-state index >= 15 is 0 Å². The third-order valence-electron chi connectivity index (χ3n) is 3.38. The van der Waals surface area contributed by atoms with Crippen LogP contribution in [0.5, 0.6) is 0 Å². The second-order valence-electron chi connectivity index (χ2n) is 5.01. The van der Waals surface area contributed by atoms with Gasteiger partial charge in [0.1, 0.15) is 6.61 Å². The molecule has 2 fully saturated rings. The summed E-state index contributed by atoms with van der Waals surface area (Å²) in [7, 11) is 0. The highest BCUT2D eigenvalue weighted by Gasteiger charge is 2.22. The van der Waals surface area contributed by atoms with E-state index in [0.717, 1.165) is 31.3 Å². The van der Waals surface area contributed by atoms with Crippen LogP contribution in [-0.4, -0.2) is 23.3 Å². The highest BCUT2D eigenvalue weighted by atomic mass is 16.5. The first-order valence-corrected chi connectivity index (χ1v) is 6.55. The molecule has 0 aromatic carbocycles. The molecule has 1 aromatic rings. The average Bonchev–Trinajstić information content (AvgIpc) is 3.07. The molecule has 5 heteroatoms. The Morgan fingerprint density at radius 2 is 2.24 bits per heavy atom. The Morgan fingerprint density at radius 1 is 1.29 bits per heavy atom. The number of piperidine rings is 1. The zero-order chi connectivity index (χ0) is 11.5. The standard InChI is InChI=1S/C12H19N3O2/c1-2-6-13-10(3-1)12-14-11(17-15-12)8-16-7-9-4-5-9/h9-10,13H,1-8H2. The molecular formula is C12H19N3O2. The highest BCUT2D eigenvalue weighted by Crippen LogP contribution is 2.29. The number of rotatable bonds is 5. The molecule has 2 heterocycles. The van der Waals surface area contributed by atoms with E-state index in [1.165, 1.54) is 25.7 Å². The Hall–Kier alpha value is -0.940. The number of ether oxygens (including phenoxy) is 1. The quantitative estimate of drug-likeness (QED) is 0.846. The molecule has 5 nitrogen and oxygen atoms in total. The summed E-state index contributed by atoms with van der Waals surface area (Å²) < 4.78 is 10.7. The Balaban J connectivity index is 1.49. The van der Waals surface area contributed by atoms with Gasteiger partial charge in [-0.3, -0.25) is 0 Å². The van der Waals surface area contributed by atoms with Crippen LogP contribution in [-0.2, 0) is 11.3 Å². The van der Waals surface area contributed by atoms with Crippen LogP contribution in [0.3, 0.4) is 0 Å². The molecule has 1 aromatic heterocycles. The van der Waals surface area contributed by atoms with Gasteiger partial charge in [0.15, 0.2) is 5.82 Å². The number of hydrogen-bond acceptors (Lipinski definition) is 5. The van der Waals surface area contributed by atoms with Crippen molar-refractivity contribution in [1.82, 2.24) is 15.5 Å². The second-order valence-corrected chi connectivity index (χ2v) is 5.01. The fourth-order valence-corrected chi connectivity index (χ4v) is 2.14. The molecule has 0 spiro atoms. The summed E-state index contributed by atoms with van der Waals surface area (Å²) in [5, 5.41) is 7.43. The Labute approximate surface area is 101 Å². The number of aromatic nitrogens is 2. The molecule has 1 atom stereocenters. The van der Waals surface area contributed by atoms with E-state index in [1.807, 2.05) is 0 Å². The Kier molecular flexibility index (Phi) is 3.38. The van der Waals surface area contributed by atoms with Gasteiger partial charge < -0.3 is 14.6 Å². The van der Waals surface area contributed by atoms with Crippen LogP contribution in [0, 0.1) is 5.92 Å². The normalized spacial score (nSPS) is 25.1. The van der Waals surface area contributed by atoms with Crippen molar-refractivity contribution in [1.29, 1.82) is 0 Å². The predicted octanol–water partition coefficient (Wildman–Crippen LogP) is 1.81. The van der Waals surface area contributed by atoms with Gasteiger partial charge in [-0.2, -0.15) is 4.98 Å². The van der Waals surface area contributed by atoms with Crippen LogP contribution in [0.25, 0.3) is 0 Å². The molecule has 1 saturated heterocycles. The summed E-state index contributed by atoms with van der Waals surface area (Å²) in [6.07, 6.45) is 6.19. The van der Waals surface area contributed by atoms with Gasteiger partial charge >= 0.3 is 0 Å². The molecule has 0 radical (unpaired) electrons. The summed E-state index contributed by atoms with van der Waals surface area (Å²) in [5.41, 5.74) is 0. The Bertz CT molecular complexity index is 356. The van der Waals surface area contributed by atoms with Gasteiger partial charge in [0.25, 0.3) is 5.89 Å². The molecule has 94 valence electrons. The van der Waals surface area contributed by atoms with Crippen molar-refractivity contribution >= 4 is 0 Å². The molecule has 1 unspecified atom stereocenters. The molecule has 2 aliphatic rings. The monoisotopic (exact) mass is 237 g/mol. The van der Waals surface area contributed by atoms with Crippen LogP contribution in [0.4, 0.5) is 0 Å². The molecule has 17 heavy (non-hydrogen) atoms. The van der Waals surface area contributed by atoms with E-state index in [0.29, 0.717) is 12.5 Å². The van der Waals surface area contributed by atoms with Gasteiger partial charge in [0.2, 0.25) is 0 Å². The summed E-state index contributed by atoms with van der Waals surface area (Å²) in [4.78, 5) is 4.39. The summed E-state index contributed by atoms with van der Waals surface area (Å²) in [6.45, 7) is 2.34. The summed E-state index contributed by atoms with van der Waals surface area (Å²) >= 11 is 0. The van der Waals surface area contributed by atoms with Crippen LogP contribution in [0.15, 0.2) is 4.52 Å². The number of hydrogen-bond donors (Lipinski definition) is 1. The minimum atomic E-state index is 0.268. The zero-order valence-electron chi connectivity index (χ0n) is 10.0. The van der Waals surface area contributed by atoms with Crippen LogP contribution < -0.4 is 5.32 Å². The van der Waals surface area contributed by atoms with E-state index in [9.17, 15) is 0 Å². The van der Waals surface area contributed by atoms with Gasteiger partial charge in [-0.05, 0) is 38.1 Å². The van der Waals surface area contributed by atoms with Gasteiger partial charge in [-0.1, -0.05) is 11.6 Å². The maximum atomic E-state index is 5.53. The van der Waals surface area contributed by atoms with Gasteiger partial charge in [0, 0.05) is 0 Å². The van der Waals surface area contributed by atoms with Crippen molar-refractivity contribution in [2.45, 2.75) is 44.8 Å². The maximum Gasteiger partial charge on any atom is 0.252 e. The smallest absolute Gasteiger partial charge is 0.252 e. The lowest BCUT2D eigenvalue weighted by atomic mass is 10.0. The summed E-state index contributed by atoms with van der Waals surface area (Å²) in [5.74, 6) is 2.17. The van der Waals surface area contributed by atoms with E-state index in [1.54, 1.807) is 0 Å². The van der Waals surface area contributed by atoms with Crippen LogP contribution in [0.1, 0.15) is 49.9 Å². The van der Waals surface area contributed by atoms with Crippen LogP contribution in [0.2, 0.25) is 0 Å². The minimum Gasteiger partial charge on any atom is -0.371 e. The number of nitrogens with one attached hydrogen (secondary N) is 1. The van der Waals surface area contributed by atoms with E-state index < -0.39 is 0 Å². The van der Waals surface area contributed by atoms with Gasteiger partial charge in [-0.25, -0.2) is 0 Å². The van der Waals surface area contributed by atoms with Crippen molar-refractivity contribution in [3.8, 4) is 0 Å². The third-order valence-corrected chi connectivity index (χ3v) is 3.38. The SMILES string of the molecule is C1CCC(c2noc(COCC3CC3)n2)NC1. The lowest BCUT2D eigenvalue weighted by molar-refractivity contribution is 0.0894. The molecule has 0 amide bonds. The fraction of sp³-hybridized carbons (Fsp3) is 0.833. The van der Waals surface area contributed by atoms with Gasteiger partial charge in [-0.15, -0.1) is 0 Å². The molecule has 1 aliphatic carbocycles. The zero-order valence-corrected chi connectivity index (χ0v) is 10.0. The third kappa shape index (κ3) is 3.04. The lowest BCUT2D eigenvalue weighted by Crippen LogP contribution is -2.27. The second kappa shape index (κ2) is 5.14. The van der Waals surface area contributed by atoms with E-state index in [4.69, 9.17) is 9.26 Å². The molecule has 1 saturated carbocycles. The first-order chi connectivity index (χ1) is 8.42. The highest BCUT2D eigenvalue weighted by molar-refractivity contribution is 4.95. The number of nitrogens with zero attached hydrogens (tertiary/aromatic N) is 2. The first-order valence-electron chi connectivity index (χ1n) is 6.55. The van der Waals surface area contributed by atoms with Gasteiger partial charge in [0.05, 0.1) is 12.6 Å². The van der Waals surface area contributed by atoms with Crippen molar-refractivity contribution in [3.63, 3.8) is 0 Å². The van der Waals surface area contributed by atoms with Crippen LogP contribution >= 0.6 is 0 Å². The largest absolute Gasteiger partial charge is 0.371 e. The molecule has 1 N–H and O–H groups in total. The first kappa shape index (κ1) is 11.2. The van der Waals surface area contributed by atoms with Crippen molar-refractivity contribution in [2.24, 2.45) is 5.92 Å². The van der Waals surface area contributed by atoms with Crippen molar-refractivity contribution in [2.75, 3.05) is 13.2 Å². The average molecular weight is 237 g/mol. The lowest BCUT2D eigenvalue weighted by Gasteiger charge is -2.19. The fourth-order valence-electron chi connectivity index (χ4n) is 2.14. The van der Waals surface area contributed by atoms with E-state index in [-0.39, 0.29) is 6.04 Å². The predicted molar refractivity (Wildman–Crippen MR) is 61.3 cm³/mol. The molecular weight excluding hydrogens is 218 g/mol. The maximum absolute atomic E-state index is 5.53.